The molecule has 3 aromatic rings. The molecule has 1 heterocycles. The van der Waals surface area contributed by atoms with Crippen molar-refractivity contribution in [3.05, 3.63) is 98.0 Å². The van der Waals surface area contributed by atoms with E-state index in [0.717, 1.165) is 29.0 Å². The first-order valence-corrected chi connectivity index (χ1v) is 14.1. The normalized spacial score (nSPS) is 16.8. The van der Waals surface area contributed by atoms with Crippen LogP contribution >= 0.6 is 15.9 Å². The van der Waals surface area contributed by atoms with Gasteiger partial charge in [0.25, 0.3) is 5.69 Å². The van der Waals surface area contributed by atoms with E-state index in [1.54, 1.807) is 19.2 Å². The van der Waals surface area contributed by atoms with Crippen molar-refractivity contribution in [3.8, 4) is 11.5 Å². The van der Waals surface area contributed by atoms with E-state index in [2.05, 4.69) is 15.9 Å². The zero-order valence-corrected chi connectivity index (χ0v) is 24.3. The number of rotatable bonds is 13. The third-order valence-corrected chi connectivity index (χ3v) is 7.63. The number of para-hydroxylation sites is 1. The number of carboxylic acid groups (broad SMARTS) is 1. The highest BCUT2D eigenvalue weighted by molar-refractivity contribution is 9.10. The summed E-state index contributed by atoms with van der Waals surface area (Å²) < 4.78 is 23.6. The van der Waals surface area contributed by atoms with Gasteiger partial charge in [-0.25, -0.2) is 4.79 Å². The SMILES string of the molecule is COc1ccccc1COCCCOc1ccc(C2CCN(C(=O)O)CC2OCc2ccc(Br)c([N+](=O)[O-])c2)cc1. The minimum absolute atomic E-state index is 0.0338. The number of ether oxygens (including phenoxy) is 4. The molecular weight excluding hydrogens is 596 g/mol. The Morgan fingerprint density at radius 2 is 1.88 bits per heavy atom. The number of benzene rings is 3. The molecule has 218 valence electrons. The summed E-state index contributed by atoms with van der Waals surface area (Å²) in [6, 6.07) is 20.4. The van der Waals surface area contributed by atoms with Crippen molar-refractivity contribution in [1.29, 1.82) is 0 Å². The fourth-order valence-electron chi connectivity index (χ4n) is 4.80. The van der Waals surface area contributed by atoms with Crippen LogP contribution < -0.4 is 9.47 Å². The van der Waals surface area contributed by atoms with Gasteiger partial charge in [-0.3, -0.25) is 10.1 Å². The van der Waals surface area contributed by atoms with Crippen molar-refractivity contribution in [2.24, 2.45) is 0 Å². The van der Waals surface area contributed by atoms with Crippen LogP contribution in [0.15, 0.2) is 71.2 Å². The number of nitrogens with zero attached hydrogens (tertiary/aromatic N) is 2. The van der Waals surface area contributed by atoms with Crippen LogP contribution in [0.3, 0.4) is 0 Å². The smallest absolute Gasteiger partial charge is 0.407 e. The molecule has 1 aliphatic heterocycles. The van der Waals surface area contributed by atoms with Gasteiger partial charge in [0, 0.05) is 30.5 Å². The highest BCUT2D eigenvalue weighted by atomic mass is 79.9. The van der Waals surface area contributed by atoms with Crippen molar-refractivity contribution in [3.63, 3.8) is 0 Å². The van der Waals surface area contributed by atoms with E-state index in [1.807, 2.05) is 48.5 Å². The first kappa shape index (κ1) is 30.3. The van der Waals surface area contributed by atoms with Gasteiger partial charge < -0.3 is 29.0 Å². The van der Waals surface area contributed by atoms with Gasteiger partial charge in [0.2, 0.25) is 0 Å². The molecule has 2 unspecified atom stereocenters. The molecule has 41 heavy (non-hydrogen) atoms. The molecule has 3 aromatic carbocycles. The van der Waals surface area contributed by atoms with Gasteiger partial charge in [-0.2, -0.15) is 0 Å². The molecule has 1 saturated heterocycles. The zero-order chi connectivity index (χ0) is 29.2. The molecule has 1 amide bonds. The lowest BCUT2D eigenvalue weighted by molar-refractivity contribution is -0.385. The second kappa shape index (κ2) is 14.8. The van der Waals surface area contributed by atoms with Crippen LogP contribution in [0.4, 0.5) is 10.5 Å². The zero-order valence-electron chi connectivity index (χ0n) is 22.7. The van der Waals surface area contributed by atoms with Crippen molar-refractivity contribution >= 4 is 27.7 Å². The lowest BCUT2D eigenvalue weighted by Crippen LogP contribution is -2.46. The fraction of sp³-hybridized carbons (Fsp3) is 0.367. The molecule has 0 spiro atoms. The first-order valence-electron chi connectivity index (χ1n) is 13.3. The molecule has 2 atom stereocenters. The van der Waals surface area contributed by atoms with Crippen molar-refractivity contribution in [2.75, 3.05) is 33.4 Å². The van der Waals surface area contributed by atoms with Crippen LogP contribution in [-0.4, -0.2) is 60.5 Å². The van der Waals surface area contributed by atoms with Crippen LogP contribution in [0.1, 0.15) is 35.4 Å². The third-order valence-electron chi connectivity index (χ3n) is 6.96. The molecule has 4 rings (SSSR count). The average Bonchev–Trinajstić information content (AvgIpc) is 2.98. The summed E-state index contributed by atoms with van der Waals surface area (Å²) in [5.74, 6) is 1.51. The first-order chi connectivity index (χ1) is 19.9. The van der Waals surface area contributed by atoms with Crippen LogP contribution in [0.5, 0.6) is 11.5 Å². The van der Waals surface area contributed by atoms with E-state index in [9.17, 15) is 20.0 Å². The Morgan fingerprint density at radius 3 is 2.61 bits per heavy atom. The number of piperidine rings is 1. The Labute approximate surface area is 247 Å². The van der Waals surface area contributed by atoms with Gasteiger partial charge >= 0.3 is 6.09 Å². The van der Waals surface area contributed by atoms with E-state index in [0.29, 0.717) is 42.8 Å². The maximum atomic E-state index is 11.6. The summed E-state index contributed by atoms with van der Waals surface area (Å²) in [6.45, 7) is 2.28. The molecule has 0 bridgehead atoms. The van der Waals surface area contributed by atoms with Crippen LogP contribution in [0, 0.1) is 10.1 Å². The van der Waals surface area contributed by atoms with Crippen molar-refractivity contribution < 1.29 is 33.8 Å². The summed E-state index contributed by atoms with van der Waals surface area (Å²) in [5.41, 5.74) is 2.62. The van der Waals surface area contributed by atoms with Gasteiger partial charge in [0.1, 0.15) is 11.5 Å². The van der Waals surface area contributed by atoms with Gasteiger partial charge in [0.15, 0.2) is 0 Å². The number of methoxy groups -OCH3 is 1. The second-order valence-corrected chi connectivity index (χ2v) is 10.5. The molecule has 0 aromatic heterocycles. The summed E-state index contributed by atoms with van der Waals surface area (Å²) in [6.07, 6.45) is -0.0720. The monoisotopic (exact) mass is 628 g/mol. The minimum Gasteiger partial charge on any atom is -0.496 e. The van der Waals surface area contributed by atoms with Crippen molar-refractivity contribution in [2.45, 2.75) is 38.1 Å². The quantitative estimate of drug-likeness (QED) is 0.131. The van der Waals surface area contributed by atoms with Crippen molar-refractivity contribution in [1.82, 2.24) is 4.90 Å². The van der Waals surface area contributed by atoms with Gasteiger partial charge in [-0.05, 0) is 57.7 Å². The Kier molecular flexibility index (Phi) is 10.9. The molecule has 10 nitrogen and oxygen atoms in total. The lowest BCUT2D eigenvalue weighted by Gasteiger charge is -2.37. The maximum Gasteiger partial charge on any atom is 0.407 e. The molecule has 0 aliphatic carbocycles. The molecule has 0 radical (unpaired) electrons. The van der Waals surface area contributed by atoms with Crippen LogP contribution in [-0.2, 0) is 22.7 Å². The summed E-state index contributed by atoms with van der Waals surface area (Å²) >= 11 is 3.19. The standard InChI is InChI=1S/C30H33BrN2O8/c1-38-28-6-3-2-5-23(28)20-39-15-4-16-40-24-10-8-22(9-11-24)25-13-14-32(30(34)35)18-29(25)41-19-21-7-12-26(31)27(17-21)33(36)37/h2-3,5-12,17,25,29H,4,13-16,18-20H2,1H3,(H,34,35). The number of halogens is 1. The molecule has 1 fully saturated rings. The predicted octanol–water partition coefficient (Wildman–Crippen LogP) is 6.40. The van der Waals surface area contributed by atoms with E-state index >= 15 is 0 Å². The number of hydrogen-bond donors (Lipinski definition) is 1. The Balaban J connectivity index is 1.30. The number of nitro groups is 1. The number of amides is 1. The number of hydrogen-bond acceptors (Lipinski definition) is 7. The molecule has 1 N–H and O–H groups in total. The summed E-state index contributed by atoms with van der Waals surface area (Å²) in [7, 11) is 1.64. The number of likely N-dealkylation sites (tertiary alicyclic amines) is 1. The van der Waals surface area contributed by atoms with E-state index in [4.69, 9.17) is 18.9 Å². The van der Waals surface area contributed by atoms with Gasteiger partial charge in [-0.15, -0.1) is 0 Å². The average molecular weight is 630 g/mol. The second-order valence-electron chi connectivity index (χ2n) is 9.65. The van der Waals surface area contributed by atoms with Gasteiger partial charge in [-0.1, -0.05) is 36.4 Å². The minimum atomic E-state index is -0.994. The largest absolute Gasteiger partial charge is 0.496 e. The van der Waals surface area contributed by atoms with Crippen LogP contribution in [0.25, 0.3) is 0 Å². The highest BCUT2D eigenvalue weighted by Gasteiger charge is 2.33. The summed E-state index contributed by atoms with van der Waals surface area (Å²) in [5, 5.41) is 20.8. The fourth-order valence-corrected chi connectivity index (χ4v) is 5.19. The topological polar surface area (TPSA) is 121 Å². The Morgan fingerprint density at radius 1 is 1.10 bits per heavy atom. The highest BCUT2D eigenvalue weighted by Crippen LogP contribution is 2.33. The summed E-state index contributed by atoms with van der Waals surface area (Å²) in [4.78, 5) is 23.8. The Bertz CT molecular complexity index is 1320. The molecule has 0 saturated carbocycles. The predicted molar refractivity (Wildman–Crippen MR) is 156 cm³/mol. The molecular formula is C30H33BrN2O8. The molecule has 11 heteroatoms. The van der Waals surface area contributed by atoms with Crippen LogP contribution in [0.2, 0.25) is 0 Å². The maximum absolute atomic E-state index is 11.6. The number of carbonyl (C=O) groups is 1. The molecule has 1 aliphatic rings. The van der Waals surface area contributed by atoms with E-state index in [1.165, 1.54) is 11.0 Å². The van der Waals surface area contributed by atoms with Gasteiger partial charge in [0.05, 0.1) is 55.6 Å². The Hall–Kier alpha value is -3.67. The third kappa shape index (κ3) is 8.42. The number of nitro benzene ring substituents is 1. The lowest BCUT2D eigenvalue weighted by atomic mass is 9.87. The van der Waals surface area contributed by atoms with E-state index in [-0.39, 0.29) is 24.8 Å². The van der Waals surface area contributed by atoms with E-state index < -0.39 is 17.1 Å².